The van der Waals surface area contributed by atoms with Gasteiger partial charge in [0.15, 0.2) is 0 Å². The lowest BCUT2D eigenvalue weighted by Gasteiger charge is -2.11. The summed E-state index contributed by atoms with van der Waals surface area (Å²) in [5.74, 6) is 3.04. The van der Waals surface area contributed by atoms with Gasteiger partial charge in [0.1, 0.15) is 0 Å². The first kappa shape index (κ1) is 12.0. The van der Waals surface area contributed by atoms with Gasteiger partial charge in [0, 0.05) is 11.8 Å². The number of nitrogens with two attached hydrogens (primary N) is 1. The molecule has 0 saturated carbocycles. The monoisotopic (exact) mass is 187 g/mol. The normalized spacial score (nSPS) is 13.4. The molecule has 12 heavy (non-hydrogen) atoms. The first-order chi connectivity index (χ1) is 5.52. The summed E-state index contributed by atoms with van der Waals surface area (Å²) in [5, 5.41) is 0. The molecular weight excluding hydrogens is 166 g/mol. The van der Waals surface area contributed by atoms with E-state index in [1.807, 2.05) is 18.7 Å². The van der Waals surface area contributed by atoms with Crippen molar-refractivity contribution in [3.63, 3.8) is 0 Å². The van der Waals surface area contributed by atoms with Gasteiger partial charge < -0.3 is 5.73 Å². The molecule has 2 heteroatoms. The van der Waals surface area contributed by atoms with E-state index in [1.165, 1.54) is 11.3 Å². The van der Waals surface area contributed by atoms with Crippen molar-refractivity contribution < 1.29 is 0 Å². The van der Waals surface area contributed by atoms with Crippen molar-refractivity contribution in [2.45, 2.75) is 33.2 Å². The molecule has 0 spiro atoms. The molecule has 0 aromatic carbocycles. The Balaban J connectivity index is 3.31. The molecule has 0 saturated heterocycles. The third kappa shape index (κ3) is 8.15. The van der Waals surface area contributed by atoms with Crippen LogP contribution in [0.5, 0.6) is 0 Å². The van der Waals surface area contributed by atoms with Crippen molar-refractivity contribution in [2.75, 3.05) is 11.5 Å². The zero-order valence-electron chi connectivity index (χ0n) is 8.47. The molecule has 2 N–H and O–H groups in total. The van der Waals surface area contributed by atoms with Gasteiger partial charge >= 0.3 is 0 Å². The van der Waals surface area contributed by atoms with E-state index in [4.69, 9.17) is 5.73 Å². The van der Waals surface area contributed by atoms with Crippen molar-refractivity contribution in [3.05, 3.63) is 12.2 Å². The minimum absolute atomic E-state index is 0.297. The summed E-state index contributed by atoms with van der Waals surface area (Å²) in [6.45, 7) is 10.4. The van der Waals surface area contributed by atoms with Gasteiger partial charge in [-0.3, -0.25) is 0 Å². The Bertz CT molecular complexity index is 132. The average Bonchev–Trinajstić information content (AvgIpc) is 1.84. The van der Waals surface area contributed by atoms with Crippen molar-refractivity contribution >= 4 is 11.8 Å². The maximum Gasteiger partial charge on any atom is 0.0167 e. The molecule has 0 aromatic rings. The third-order valence-corrected chi connectivity index (χ3v) is 2.96. The average molecular weight is 187 g/mol. The van der Waals surface area contributed by atoms with Gasteiger partial charge in [0.05, 0.1) is 0 Å². The van der Waals surface area contributed by atoms with Crippen LogP contribution in [0.3, 0.4) is 0 Å². The molecule has 72 valence electrons. The number of rotatable bonds is 6. The van der Waals surface area contributed by atoms with Crippen LogP contribution in [0.25, 0.3) is 0 Å². The smallest absolute Gasteiger partial charge is 0.0167 e. The second-order valence-electron chi connectivity index (χ2n) is 3.85. The van der Waals surface area contributed by atoms with Gasteiger partial charge in [0.2, 0.25) is 0 Å². The molecule has 0 aromatic heterocycles. The van der Waals surface area contributed by atoms with Gasteiger partial charge in [-0.05, 0) is 25.0 Å². The van der Waals surface area contributed by atoms with E-state index >= 15 is 0 Å². The highest BCUT2D eigenvalue weighted by atomic mass is 32.2. The highest BCUT2D eigenvalue weighted by Crippen LogP contribution is 2.11. The van der Waals surface area contributed by atoms with Crippen LogP contribution in [0.2, 0.25) is 0 Å². The second-order valence-corrected chi connectivity index (χ2v) is 4.93. The lowest BCUT2D eigenvalue weighted by Crippen LogP contribution is -2.23. The van der Waals surface area contributed by atoms with Gasteiger partial charge in [-0.15, -0.1) is 6.58 Å². The molecule has 0 aliphatic carbocycles. The maximum atomic E-state index is 5.88. The van der Waals surface area contributed by atoms with E-state index in [0.29, 0.717) is 6.04 Å². The molecule has 0 bridgehead atoms. The lowest BCUT2D eigenvalue weighted by atomic mass is 10.1. The summed E-state index contributed by atoms with van der Waals surface area (Å²) >= 11 is 1.95. The Morgan fingerprint density at radius 2 is 2.00 bits per heavy atom. The highest BCUT2D eigenvalue weighted by molar-refractivity contribution is 7.99. The van der Waals surface area contributed by atoms with Crippen LogP contribution in [0, 0.1) is 5.92 Å². The number of hydrogen-bond acceptors (Lipinski definition) is 2. The van der Waals surface area contributed by atoms with Crippen molar-refractivity contribution in [1.29, 1.82) is 0 Å². The zero-order chi connectivity index (χ0) is 9.56. The molecule has 0 aliphatic heterocycles. The number of thioether (sulfide) groups is 1. The van der Waals surface area contributed by atoms with Crippen LogP contribution in [0.15, 0.2) is 12.2 Å². The summed E-state index contributed by atoms with van der Waals surface area (Å²) in [4.78, 5) is 0. The standard InChI is InChI=1S/C10H21NS/c1-8(2)5-10(11)7-12-6-9(3)4/h9-10H,1,5-7,11H2,2-4H3. The van der Waals surface area contributed by atoms with E-state index in [2.05, 4.69) is 20.4 Å². The molecule has 0 heterocycles. The Morgan fingerprint density at radius 1 is 1.42 bits per heavy atom. The van der Waals surface area contributed by atoms with E-state index in [9.17, 15) is 0 Å². The van der Waals surface area contributed by atoms with Crippen LogP contribution in [-0.2, 0) is 0 Å². The largest absolute Gasteiger partial charge is 0.327 e. The zero-order valence-corrected chi connectivity index (χ0v) is 9.29. The fourth-order valence-electron chi connectivity index (χ4n) is 0.962. The SMILES string of the molecule is C=C(C)CC(N)CSCC(C)C. The lowest BCUT2D eigenvalue weighted by molar-refractivity contribution is 0.729. The molecule has 0 rings (SSSR count). The predicted molar refractivity (Wildman–Crippen MR) is 59.6 cm³/mol. The Kier molecular flexibility index (Phi) is 6.58. The molecule has 0 aliphatic rings. The van der Waals surface area contributed by atoms with E-state index in [-0.39, 0.29) is 0 Å². The van der Waals surface area contributed by atoms with Crippen LogP contribution in [-0.4, -0.2) is 17.5 Å². The molecule has 1 nitrogen and oxygen atoms in total. The molecule has 0 radical (unpaired) electrons. The van der Waals surface area contributed by atoms with Crippen molar-refractivity contribution in [3.8, 4) is 0 Å². The third-order valence-electron chi connectivity index (χ3n) is 1.39. The minimum atomic E-state index is 0.297. The Morgan fingerprint density at radius 3 is 2.42 bits per heavy atom. The first-order valence-electron chi connectivity index (χ1n) is 4.50. The van der Waals surface area contributed by atoms with Crippen LogP contribution >= 0.6 is 11.8 Å². The van der Waals surface area contributed by atoms with Crippen LogP contribution in [0.4, 0.5) is 0 Å². The fraction of sp³-hybridized carbons (Fsp3) is 0.800. The van der Waals surface area contributed by atoms with Gasteiger partial charge in [-0.2, -0.15) is 11.8 Å². The first-order valence-corrected chi connectivity index (χ1v) is 5.65. The molecular formula is C10H21NS. The summed E-state index contributed by atoms with van der Waals surface area (Å²) in [7, 11) is 0. The molecule has 1 unspecified atom stereocenters. The van der Waals surface area contributed by atoms with E-state index < -0.39 is 0 Å². The van der Waals surface area contributed by atoms with E-state index in [1.54, 1.807) is 0 Å². The maximum absolute atomic E-state index is 5.88. The summed E-state index contributed by atoms with van der Waals surface area (Å²) in [6.07, 6.45) is 0.963. The number of hydrogen-bond donors (Lipinski definition) is 1. The molecule has 0 fully saturated rings. The predicted octanol–water partition coefficient (Wildman–Crippen LogP) is 2.67. The Labute approximate surface area is 80.8 Å². The summed E-state index contributed by atoms with van der Waals surface area (Å²) < 4.78 is 0. The van der Waals surface area contributed by atoms with Crippen LogP contribution in [0.1, 0.15) is 27.2 Å². The topological polar surface area (TPSA) is 26.0 Å². The van der Waals surface area contributed by atoms with Gasteiger partial charge in [-0.1, -0.05) is 19.4 Å². The van der Waals surface area contributed by atoms with Crippen molar-refractivity contribution in [2.24, 2.45) is 11.7 Å². The Hall–Kier alpha value is 0.0500. The second kappa shape index (κ2) is 6.55. The quantitative estimate of drug-likeness (QED) is 0.647. The molecule has 0 amide bonds. The van der Waals surface area contributed by atoms with E-state index in [0.717, 1.165) is 18.1 Å². The van der Waals surface area contributed by atoms with Crippen LogP contribution < -0.4 is 5.73 Å². The summed E-state index contributed by atoms with van der Waals surface area (Å²) in [5.41, 5.74) is 7.07. The van der Waals surface area contributed by atoms with Crippen molar-refractivity contribution in [1.82, 2.24) is 0 Å². The molecule has 1 atom stereocenters. The van der Waals surface area contributed by atoms with Gasteiger partial charge in [0.25, 0.3) is 0 Å². The van der Waals surface area contributed by atoms with Gasteiger partial charge in [-0.25, -0.2) is 0 Å². The minimum Gasteiger partial charge on any atom is -0.327 e. The fourth-order valence-corrected chi connectivity index (χ4v) is 1.99. The summed E-state index contributed by atoms with van der Waals surface area (Å²) in [6, 6.07) is 0.297. The highest BCUT2D eigenvalue weighted by Gasteiger charge is 2.03.